The van der Waals surface area contributed by atoms with E-state index >= 15 is 0 Å². The maximum atomic E-state index is 12.4. The Labute approximate surface area is 182 Å². The van der Waals surface area contributed by atoms with Gasteiger partial charge in [0.15, 0.2) is 0 Å². The van der Waals surface area contributed by atoms with Crippen LogP contribution in [0.5, 0.6) is 0 Å². The first kappa shape index (κ1) is 20.3. The van der Waals surface area contributed by atoms with E-state index in [9.17, 15) is 9.59 Å². The molecule has 0 aliphatic heterocycles. The van der Waals surface area contributed by atoms with Crippen molar-refractivity contribution >= 4 is 44.6 Å². The number of halogens is 1. The lowest BCUT2D eigenvalue weighted by atomic mass is 10.1. The van der Waals surface area contributed by atoms with Crippen LogP contribution >= 0.6 is 15.9 Å². The fraction of sp³-hybridized carbons (Fsp3) is 0.333. The Balaban J connectivity index is 1.33. The zero-order valence-electron chi connectivity index (χ0n) is 16.4. The van der Waals surface area contributed by atoms with Crippen LogP contribution in [-0.4, -0.2) is 39.5 Å². The molecule has 0 atom stereocenters. The van der Waals surface area contributed by atoms with Crippen molar-refractivity contribution in [1.82, 2.24) is 25.6 Å². The Bertz CT molecular complexity index is 1060. The van der Waals surface area contributed by atoms with Gasteiger partial charge in [0.1, 0.15) is 5.52 Å². The van der Waals surface area contributed by atoms with Crippen LogP contribution in [0.2, 0.25) is 0 Å². The largest absolute Gasteiger partial charge is 0.349 e. The lowest BCUT2D eigenvalue weighted by Crippen LogP contribution is -2.32. The van der Waals surface area contributed by atoms with Crippen molar-refractivity contribution in [3.63, 3.8) is 0 Å². The van der Waals surface area contributed by atoms with Crippen molar-refractivity contribution in [2.75, 3.05) is 11.9 Å². The summed E-state index contributed by atoms with van der Waals surface area (Å²) in [7, 11) is 0. The molecule has 156 valence electrons. The van der Waals surface area contributed by atoms with Gasteiger partial charge in [0.2, 0.25) is 0 Å². The molecule has 30 heavy (non-hydrogen) atoms. The van der Waals surface area contributed by atoms with Crippen molar-refractivity contribution in [3.05, 3.63) is 52.5 Å². The van der Waals surface area contributed by atoms with Crippen LogP contribution in [-0.2, 0) is 6.54 Å². The molecule has 0 unspecified atom stereocenters. The van der Waals surface area contributed by atoms with E-state index in [1.54, 1.807) is 16.8 Å². The number of para-hydroxylation sites is 1. The Morgan fingerprint density at radius 3 is 2.73 bits per heavy atom. The molecule has 8 nitrogen and oxygen atoms in total. The second-order valence-corrected chi connectivity index (χ2v) is 8.19. The van der Waals surface area contributed by atoms with Gasteiger partial charge in [-0.3, -0.25) is 4.79 Å². The minimum absolute atomic E-state index is 0.0660. The van der Waals surface area contributed by atoms with Gasteiger partial charge < -0.3 is 16.0 Å². The molecular weight excluding hydrogens is 448 g/mol. The third kappa shape index (κ3) is 4.79. The van der Waals surface area contributed by atoms with Crippen LogP contribution in [0.3, 0.4) is 0 Å². The highest BCUT2D eigenvalue weighted by Gasteiger charge is 2.18. The van der Waals surface area contributed by atoms with Gasteiger partial charge in [-0.25, -0.2) is 9.48 Å². The van der Waals surface area contributed by atoms with Crippen LogP contribution in [0.15, 0.2) is 46.9 Å². The summed E-state index contributed by atoms with van der Waals surface area (Å²) in [5.74, 6) is -0.0660. The first-order valence-corrected chi connectivity index (χ1v) is 10.8. The Morgan fingerprint density at radius 2 is 1.93 bits per heavy atom. The number of hydrogen-bond acceptors (Lipinski definition) is 4. The molecule has 4 rings (SSSR count). The zero-order valence-corrected chi connectivity index (χ0v) is 18.0. The number of rotatable bonds is 6. The van der Waals surface area contributed by atoms with Gasteiger partial charge >= 0.3 is 6.03 Å². The van der Waals surface area contributed by atoms with E-state index in [2.05, 4.69) is 42.2 Å². The fourth-order valence-electron chi connectivity index (χ4n) is 3.62. The molecule has 3 N–H and O–H groups in total. The topological polar surface area (TPSA) is 101 Å². The Morgan fingerprint density at radius 1 is 1.13 bits per heavy atom. The summed E-state index contributed by atoms with van der Waals surface area (Å²) < 4.78 is 2.53. The summed E-state index contributed by atoms with van der Waals surface area (Å²) in [6.07, 6.45) is 4.44. The van der Waals surface area contributed by atoms with Gasteiger partial charge in [-0.2, -0.15) is 0 Å². The average Bonchev–Trinajstić information content (AvgIpc) is 3.39. The zero-order chi connectivity index (χ0) is 20.9. The van der Waals surface area contributed by atoms with Crippen molar-refractivity contribution in [2.24, 2.45) is 0 Å². The molecule has 9 heteroatoms. The molecule has 3 amide bonds. The molecule has 1 aliphatic rings. The SMILES string of the molecule is O=C(NCCn1nnc2cc(C(=O)NC3CCCC3)ccc21)Nc1ccccc1Br. The Hall–Kier alpha value is -2.94. The molecular formula is C21H23BrN6O2. The van der Waals surface area contributed by atoms with E-state index in [0.717, 1.165) is 22.8 Å². The number of amides is 3. The van der Waals surface area contributed by atoms with Crippen molar-refractivity contribution in [3.8, 4) is 0 Å². The highest BCUT2D eigenvalue weighted by molar-refractivity contribution is 9.10. The smallest absolute Gasteiger partial charge is 0.319 e. The van der Waals surface area contributed by atoms with E-state index in [4.69, 9.17) is 0 Å². The first-order valence-electron chi connectivity index (χ1n) is 10.0. The van der Waals surface area contributed by atoms with Gasteiger partial charge in [-0.15, -0.1) is 5.10 Å². The average molecular weight is 471 g/mol. The number of benzene rings is 2. The van der Waals surface area contributed by atoms with Crippen LogP contribution in [0.4, 0.5) is 10.5 Å². The monoisotopic (exact) mass is 470 g/mol. The number of carbonyl (C=O) groups is 2. The fourth-order valence-corrected chi connectivity index (χ4v) is 4.01. The number of aromatic nitrogens is 3. The van der Waals surface area contributed by atoms with Gasteiger partial charge in [-0.05, 0) is 59.1 Å². The van der Waals surface area contributed by atoms with Crippen molar-refractivity contribution in [1.29, 1.82) is 0 Å². The molecule has 0 bridgehead atoms. The molecule has 1 saturated carbocycles. The number of hydrogen-bond donors (Lipinski definition) is 3. The van der Waals surface area contributed by atoms with E-state index in [0.29, 0.717) is 29.9 Å². The molecule has 3 aromatic rings. The number of fused-ring (bicyclic) bond motifs is 1. The minimum Gasteiger partial charge on any atom is -0.349 e. The Kier molecular flexibility index (Phi) is 6.27. The lowest BCUT2D eigenvalue weighted by molar-refractivity contribution is 0.0938. The number of nitrogens with zero attached hydrogens (tertiary/aromatic N) is 3. The molecule has 1 aliphatic carbocycles. The van der Waals surface area contributed by atoms with Crippen LogP contribution in [0.25, 0.3) is 11.0 Å². The lowest BCUT2D eigenvalue weighted by Gasteiger charge is -2.11. The summed E-state index contributed by atoms with van der Waals surface area (Å²) in [6, 6.07) is 12.8. The number of carbonyl (C=O) groups excluding carboxylic acids is 2. The summed E-state index contributed by atoms with van der Waals surface area (Å²) in [5.41, 5.74) is 2.77. The second kappa shape index (κ2) is 9.25. The van der Waals surface area contributed by atoms with E-state index in [1.807, 2.05) is 30.3 Å². The maximum absolute atomic E-state index is 12.4. The minimum atomic E-state index is -0.294. The highest BCUT2D eigenvalue weighted by Crippen LogP contribution is 2.21. The predicted molar refractivity (Wildman–Crippen MR) is 118 cm³/mol. The van der Waals surface area contributed by atoms with Crippen LogP contribution < -0.4 is 16.0 Å². The summed E-state index contributed by atoms with van der Waals surface area (Å²) in [4.78, 5) is 24.5. The molecule has 1 aromatic heterocycles. The maximum Gasteiger partial charge on any atom is 0.319 e. The third-order valence-corrected chi connectivity index (χ3v) is 5.89. The molecule has 1 fully saturated rings. The first-order chi connectivity index (χ1) is 14.6. The third-order valence-electron chi connectivity index (χ3n) is 5.20. The normalized spacial score (nSPS) is 14.0. The van der Waals surface area contributed by atoms with Crippen molar-refractivity contribution in [2.45, 2.75) is 38.3 Å². The number of nitrogens with one attached hydrogen (secondary N) is 3. The summed E-state index contributed by atoms with van der Waals surface area (Å²) >= 11 is 3.40. The van der Waals surface area contributed by atoms with Gasteiger partial charge in [0.05, 0.1) is 17.7 Å². The van der Waals surface area contributed by atoms with E-state index in [-0.39, 0.29) is 18.0 Å². The summed E-state index contributed by atoms with van der Waals surface area (Å²) in [5, 5.41) is 17.0. The van der Waals surface area contributed by atoms with Crippen molar-refractivity contribution < 1.29 is 9.59 Å². The van der Waals surface area contributed by atoms with Crippen LogP contribution in [0.1, 0.15) is 36.0 Å². The molecule has 0 spiro atoms. The number of anilines is 1. The van der Waals surface area contributed by atoms with Gasteiger partial charge in [0.25, 0.3) is 5.91 Å². The summed E-state index contributed by atoms with van der Waals surface area (Å²) in [6.45, 7) is 0.853. The van der Waals surface area contributed by atoms with E-state index in [1.165, 1.54) is 12.8 Å². The molecule has 1 heterocycles. The van der Waals surface area contributed by atoms with Gasteiger partial charge in [-0.1, -0.05) is 30.2 Å². The van der Waals surface area contributed by atoms with Gasteiger partial charge in [0, 0.05) is 22.6 Å². The van der Waals surface area contributed by atoms with Crippen LogP contribution in [0, 0.1) is 0 Å². The molecule has 2 aromatic carbocycles. The standard InChI is InChI=1S/C21H23BrN6O2/c22-16-7-3-4-8-17(16)25-21(30)23-11-12-28-19-10-9-14(13-18(19)26-27-28)20(29)24-15-5-1-2-6-15/h3-4,7-10,13,15H,1-2,5-6,11-12H2,(H,24,29)(H2,23,25,30). The number of urea groups is 1. The van der Waals surface area contributed by atoms with E-state index < -0.39 is 0 Å². The second-order valence-electron chi connectivity index (χ2n) is 7.33. The predicted octanol–water partition coefficient (Wildman–Crippen LogP) is 3.69. The highest BCUT2D eigenvalue weighted by atomic mass is 79.9. The molecule has 0 radical (unpaired) electrons. The molecule has 0 saturated heterocycles. The quantitative estimate of drug-likeness (QED) is 0.511.